The topological polar surface area (TPSA) is 84.4 Å². The number of esters is 1. The fourth-order valence-corrected chi connectivity index (χ4v) is 2.76. The summed E-state index contributed by atoms with van der Waals surface area (Å²) in [5, 5.41) is 11.0. The Hall–Kier alpha value is -2.93. The summed E-state index contributed by atoms with van der Waals surface area (Å²) in [6.07, 6.45) is -0.267. The minimum Gasteiger partial charge on any atom is -0.473 e. The average molecular weight is 372 g/mol. The van der Waals surface area contributed by atoms with Gasteiger partial charge in [0, 0.05) is 29.6 Å². The Kier molecular flexibility index (Phi) is 6.03. The smallest absolute Gasteiger partial charge is 0.340 e. The van der Waals surface area contributed by atoms with Crippen LogP contribution in [-0.2, 0) is 16.1 Å². The number of H-pyrrole nitrogens is 1. The molecule has 1 aromatic carbocycles. The van der Waals surface area contributed by atoms with E-state index >= 15 is 0 Å². The Morgan fingerprint density at radius 3 is 2.85 bits per heavy atom. The fraction of sp³-hybridized carbons (Fsp3) is 0.300. The predicted molar refractivity (Wildman–Crippen MR) is 98.0 cm³/mol. The Morgan fingerprint density at radius 2 is 2.11 bits per heavy atom. The minimum absolute atomic E-state index is 0.0935. The summed E-state index contributed by atoms with van der Waals surface area (Å²) >= 11 is 0. The highest BCUT2D eigenvalue weighted by Gasteiger charge is 2.25. The van der Waals surface area contributed by atoms with Crippen LogP contribution in [0.25, 0.3) is 10.9 Å². The number of benzene rings is 1. The van der Waals surface area contributed by atoms with Gasteiger partial charge in [-0.15, -0.1) is 0 Å². The number of alkyl halides is 1. The zero-order valence-electron chi connectivity index (χ0n) is 14.9. The first kappa shape index (κ1) is 18.8. The molecule has 0 saturated carbocycles. The van der Waals surface area contributed by atoms with Crippen LogP contribution in [0, 0.1) is 0 Å². The summed E-state index contributed by atoms with van der Waals surface area (Å²) in [6, 6.07) is 11.3. The van der Waals surface area contributed by atoms with E-state index in [0.717, 1.165) is 5.56 Å². The van der Waals surface area contributed by atoms with Gasteiger partial charge in [-0.1, -0.05) is 30.3 Å². The van der Waals surface area contributed by atoms with E-state index < -0.39 is 18.2 Å². The van der Waals surface area contributed by atoms with Crippen LogP contribution in [0.3, 0.4) is 0 Å². The maximum atomic E-state index is 13.9. The second kappa shape index (κ2) is 8.64. The fourth-order valence-electron chi connectivity index (χ4n) is 2.76. The standard InChI is InChI=1S/C20H21FN2O4/c1-2-26-20(25)16(21)9-18(24)15-10-22-17-11-23-19(8-14(15)17)27-12-13-6-4-3-5-7-13/h3-8,10-11,16,18,22,24H,2,9,12H2,1H3. The molecule has 0 spiro atoms. The number of hydrogen-bond donors (Lipinski definition) is 2. The summed E-state index contributed by atoms with van der Waals surface area (Å²) in [5.74, 6) is -0.577. The van der Waals surface area contributed by atoms with Crippen LogP contribution in [0.15, 0.2) is 48.8 Å². The molecule has 2 N–H and O–H groups in total. The first-order valence-electron chi connectivity index (χ1n) is 8.71. The summed E-state index contributed by atoms with van der Waals surface area (Å²) in [5.41, 5.74) is 2.16. The third kappa shape index (κ3) is 4.62. The number of rotatable bonds is 8. The maximum Gasteiger partial charge on any atom is 0.340 e. The Bertz CT molecular complexity index is 897. The summed E-state index contributed by atoms with van der Waals surface area (Å²) in [4.78, 5) is 18.6. The van der Waals surface area contributed by atoms with Crippen molar-refractivity contribution >= 4 is 16.9 Å². The molecule has 0 aliphatic carbocycles. The molecule has 0 aliphatic rings. The lowest BCUT2D eigenvalue weighted by molar-refractivity contribution is -0.150. The molecule has 2 atom stereocenters. The van der Waals surface area contributed by atoms with Crippen molar-refractivity contribution in [3.63, 3.8) is 0 Å². The Morgan fingerprint density at radius 1 is 1.33 bits per heavy atom. The number of pyridine rings is 1. The molecular formula is C20H21FN2O4. The van der Waals surface area contributed by atoms with Gasteiger partial charge in [-0.2, -0.15) is 0 Å². The van der Waals surface area contributed by atoms with E-state index in [-0.39, 0.29) is 13.0 Å². The number of aliphatic hydroxyl groups is 1. The molecule has 27 heavy (non-hydrogen) atoms. The molecule has 7 heteroatoms. The average Bonchev–Trinajstić information content (AvgIpc) is 3.10. The van der Waals surface area contributed by atoms with Crippen LogP contribution in [0.5, 0.6) is 5.88 Å². The number of halogens is 1. The van der Waals surface area contributed by atoms with Crippen LogP contribution in [0.4, 0.5) is 4.39 Å². The van der Waals surface area contributed by atoms with Crippen molar-refractivity contribution in [2.75, 3.05) is 6.61 Å². The zero-order valence-corrected chi connectivity index (χ0v) is 14.9. The van der Waals surface area contributed by atoms with Crippen molar-refractivity contribution in [2.45, 2.75) is 32.2 Å². The van der Waals surface area contributed by atoms with Gasteiger partial charge in [0.1, 0.15) is 6.61 Å². The Labute approximate surface area is 156 Å². The van der Waals surface area contributed by atoms with Gasteiger partial charge in [0.15, 0.2) is 6.17 Å². The molecule has 0 fully saturated rings. The van der Waals surface area contributed by atoms with Crippen molar-refractivity contribution in [1.29, 1.82) is 0 Å². The van der Waals surface area contributed by atoms with Gasteiger partial charge in [-0.05, 0) is 12.5 Å². The molecule has 0 radical (unpaired) electrons. The lowest BCUT2D eigenvalue weighted by Crippen LogP contribution is -2.21. The molecule has 2 aromatic heterocycles. The van der Waals surface area contributed by atoms with E-state index in [9.17, 15) is 14.3 Å². The van der Waals surface area contributed by atoms with Crippen molar-refractivity contribution < 1.29 is 23.8 Å². The number of aliphatic hydroxyl groups excluding tert-OH is 1. The highest BCUT2D eigenvalue weighted by atomic mass is 19.1. The lowest BCUT2D eigenvalue weighted by Gasteiger charge is -2.13. The second-order valence-corrected chi connectivity index (χ2v) is 6.06. The molecule has 142 valence electrons. The predicted octanol–water partition coefficient (Wildman–Crippen LogP) is 3.47. The normalized spacial score (nSPS) is 13.3. The molecule has 2 heterocycles. The molecule has 0 aliphatic heterocycles. The largest absolute Gasteiger partial charge is 0.473 e. The molecule has 0 bridgehead atoms. The van der Waals surface area contributed by atoms with Gasteiger partial charge in [0.25, 0.3) is 0 Å². The van der Waals surface area contributed by atoms with Crippen molar-refractivity contribution in [3.05, 3.63) is 59.9 Å². The third-order valence-electron chi connectivity index (χ3n) is 4.13. The SMILES string of the molecule is CCOC(=O)C(F)CC(O)c1c[nH]c2cnc(OCc3ccccc3)cc12. The van der Waals surface area contributed by atoms with Crippen LogP contribution in [0.1, 0.15) is 30.6 Å². The van der Waals surface area contributed by atoms with Gasteiger partial charge in [-0.25, -0.2) is 14.2 Å². The minimum atomic E-state index is -1.89. The number of carbonyl (C=O) groups is 1. The van der Waals surface area contributed by atoms with E-state index in [1.54, 1.807) is 25.4 Å². The van der Waals surface area contributed by atoms with Gasteiger partial charge < -0.3 is 19.6 Å². The van der Waals surface area contributed by atoms with E-state index in [2.05, 4.69) is 14.7 Å². The first-order chi connectivity index (χ1) is 13.1. The van der Waals surface area contributed by atoms with E-state index in [4.69, 9.17) is 4.74 Å². The highest BCUT2D eigenvalue weighted by Crippen LogP contribution is 2.29. The molecule has 3 aromatic rings. The van der Waals surface area contributed by atoms with Crippen molar-refractivity contribution in [3.8, 4) is 5.88 Å². The number of carbonyl (C=O) groups excluding carboxylic acids is 1. The number of aromatic nitrogens is 2. The van der Waals surface area contributed by atoms with Gasteiger partial charge >= 0.3 is 5.97 Å². The number of aromatic amines is 1. The lowest BCUT2D eigenvalue weighted by atomic mass is 10.0. The van der Waals surface area contributed by atoms with Crippen LogP contribution in [0.2, 0.25) is 0 Å². The molecule has 0 amide bonds. The van der Waals surface area contributed by atoms with Crippen LogP contribution < -0.4 is 4.74 Å². The van der Waals surface area contributed by atoms with E-state index in [0.29, 0.717) is 29.0 Å². The van der Waals surface area contributed by atoms with E-state index in [1.807, 2.05) is 30.3 Å². The summed E-state index contributed by atoms with van der Waals surface area (Å²) in [6.45, 7) is 2.05. The molecule has 6 nitrogen and oxygen atoms in total. The molecular weight excluding hydrogens is 351 g/mol. The van der Waals surface area contributed by atoms with Gasteiger partial charge in [-0.3, -0.25) is 0 Å². The first-order valence-corrected chi connectivity index (χ1v) is 8.71. The highest BCUT2D eigenvalue weighted by molar-refractivity contribution is 5.84. The van der Waals surface area contributed by atoms with Gasteiger partial charge in [0.05, 0.1) is 24.4 Å². The Balaban J connectivity index is 1.73. The van der Waals surface area contributed by atoms with Crippen LogP contribution in [-0.4, -0.2) is 33.8 Å². The van der Waals surface area contributed by atoms with Gasteiger partial charge in [0.2, 0.25) is 5.88 Å². The monoisotopic (exact) mass is 372 g/mol. The third-order valence-corrected chi connectivity index (χ3v) is 4.13. The van der Waals surface area contributed by atoms with E-state index in [1.165, 1.54) is 0 Å². The number of hydrogen-bond acceptors (Lipinski definition) is 5. The number of nitrogens with one attached hydrogen (secondary N) is 1. The number of nitrogens with zero attached hydrogens (tertiary/aromatic N) is 1. The molecule has 0 saturated heterocycles. The van der Waals surface area contributed by atoms with Crippen LogP contribution >= 0.6 is 0 Å². The van der Waals surface area contributed by atoms with Crippen molar-refractivity contribution in [2.24, 2.45) is 0 Å². The zero-order chi connectivity index (χ0) is 19.2. The van der Waals surface area contributed by atoms with Crippen molar-refractivity contribution in [1.82, 2.24) is 9.97 Å². The maximum absolute atomic E-state index is 13.9. The summed E-state index contributed by atoms with van der Waals surface area (Å²) in [7, 11) is 0. The second-order valence-electron chi connectivity index (χ2n) is 6.06. The number of fused-ring (bicyclic) bond motifs is 1. The number of ether oxygens (including phenoxy) is 2. The molecule has 2 unspecified atom stereocenters. The summed E-state index contributed by atoms with van der Waals surface area (Å²) < 4.78 is 24.3. The molecule has 3 rings (SSSR count). The quantitative estimate of drug-likeness (QED) is 0.592.